The summed E-state index contributed by atoms with van der Waals surface area (Å²) in [5, 5.41) is 0. The molecule has 0 spiro atoms. The first-order chi connectivity index (χ1) is 6.46. The van der Waals surface area contributed by atoms with Crippen molar-refractivity contribution in [3.8, 4) is 0 Å². The maximum absolute atomic E-state index is 12.5. The smallest absolute Gasteiger partial charge is 0.400 e. The molecule has 0 saturated heterocycles. The molecular weight excluding hydrogens is 190 g/mol. The first-order valence-electron chi connectivity index (χ1n) is 4.95. The molecule has 0 aromatic rings. The van der Waals surface area contributed by atoms with Gasteiger partial charge in [-0.2, -0.15) is 0 Å². The number of ether oxygens (including phenoxy) is 2. The number of rotatable bonds is 2. The van der Waals surface area contributed by atoms with E-state index >= 15 is 0 Å². The number of allylic oxidation sites excluding steroid dienone is 2. The van der Waals surface area contributed by atoms with Crippen LogP contribution in [0.15, 0.2) is 11.5 Å². The van der Waals surface area contributed by atoms with E-state index in [1.165, 1.54) is 0 Å². The summed E-state index contributed by atoms with van der Waals surface area (Å²) < 4.78 is 33.6. The van der Waals surface area contributed by atoms with E-state index in [2.05, 4.69) is 9.47 Å². The van der Waals surface area contributed by atoms with E-state index in [4.69, 9.17) is 0 Å². The third kappa shape index (κ3) is 3.16. The van der Waals surface area contributed by atoms with Gasteiger partial charge in [0, 0.05) is 12.3 Å². The van der Waals surface area contributed by atoms with Gasteiger partial charge in [-0.3, -0.25) is 0 Å². The van der Waals surface area contributed by atoms with Gasteiger partial charge < -0.3 is 9.47 Å². The molecule has 2 nitrogen and oxygen atoms in total. The van der Waals surface area contributed by atoms with Gasteiger partial charge in [0.15, 0.2) is 0 Å². The summed E-state index contributed by atoms with van der Waals surface area (Å²) in [5.41, 5.74) is 0. The summed E-state index contributed by atoms with van der Waals surface area (Å²) in [6.07, 6.45) is -3.02. The van der Waals surface area contributed by atoms with Gasteiger partial charge in [-0.25, -0.2) is 0 Å². The van der Waals surface area contributed by atoms with Crippen molar-refractivity contribution >= 4 is 0 Å². The second-order valence-corrected chi connectivity index (χ2v) is 2.96. The second-order valence-electron chi connectivity index (χ2n) is 2.96. The zero-order valence-corrected chi connectivity index (χ0v) is 9.36. The monoisotopic (exact) mass is 208 g/mol. The summed E-state index contributed by atoms with van der Waals surface area (Å²) in [6, 6.07) is 0. The van der Waals surface area contributed by atoms with Gasteiger partial charge in [-0.05, 0) is 0 Å². The molecule has 0 bridgehead atoms. The fourth-order valence-corrected chi connectivity index (χ4v) is 1.09. The zero-order valence-electron chi connectivity index (χ0n) is 9.36. The first-order valence-corrected chi connectivity index (χ1v) is 4.95. The molecule has 0 atom stereocenters. The van der Waals surface area contributed by atoms with E-state index in [9.17, 15) is 8.78 Å². The van der Waals surface area contributed by atoms with Crippen molar-refractivity contribution in [3.63, 3.8) is 0 Å². The van der Waals surface area contributed by atoms with Gasteiger partial charge in [0.1, 0.15) is 11.5 Å². The molecule has 0 aromatic carbocycles. The van der Waals surface area contributed by atoms with Crippen molar-refractivity contribution in [1.82, 2.24) is 0 Å². The average molecular weight is 208 g/mol. The quantitative estimate of drug-likeness (QED) is 0.685. The summed E-state index contributed by atoms with van der Waals surface area (Å²) in [7, 11) is 0. The fraction of sp³-hybridized carbons (Fsp3) is 0.800. The lowest BCUT2D eigenvalue weighted by Crippen LogP contribution is -2.17. The molecule has 0 N–H and O–H groups in total. The predicted octanol–water partition coefficient (Wildman–Crippen LogP) is 3.89. The minimum absolute atomic E-state index is 0.0617. The number of hydrogen-bond acceptors (Lipinski definition) is 2. The van der Waals surface area contributed by atoms with E-state index < -0.39 is 6.29 Å². The molecule has 1 heterocycles. The van der Waals surface area contributed by atoms with Crippen molar-refractivity contribution in [1.29, 1.82) is 0 Å². The lowest BCUT2D eigenvalue weighted by atomic mass is 10.1. The van der Waals surface area contributed by atoms with E-state index in [-0.39, 0.29) is 17.4 Å². The van der Waals surface area contributed by atoms with Crippen LogP contribution >= 0.6 is 0 Å². The van der Waals surface area contributed by atoms with E-state index in [1.54, 1.807) is 20.8 Å². The largest absolute Gasteiger partial charge is 0.585 e. The summed E-state index contributed by atoms with van der Waals surface area (Å²) in [6.45, 7) is 9.33. The van der Waals surface area contributed by atoms with Crippen LogP contribution in [0.5, 0.6) is 0 Å². The summed E-state index contributed by atoms with van der Waals surface area (Å²) in [4.78, 5) is 0. The van der Waals surface area contributed by atoms with E-state index in [0.717, 1.165) is 0 Å². The third-order valence-electron chi connectivity index (χ3n) is 1.59. The Kier molecular flexibility index (Phi) is 4.88. The first kappa shape index (κ1) is 13.2. The molecule has 0 aromatic heterocycles. The van der Waals surface area contributed by atoms with E-state index in [1.807, 2.05) is 13.8 Å². The highest BCUT2D eigenvalue weighted by molar-refractivity contribution is 5.07. The molecular formula is C10H18F2O2. The number of halogens is 2. The second kappa shape index (κ2) is 5.17. The Morgan fingerprint density at radius 2 is 1.71 bits per heavy atom. The van der Waals surface area contributed by atoms with Crippen LogP contribution in [-0.2, 0) is 9.47 Å². The van der Waals surface area contributed by atoms with Crippen molar-refractivity contribution in [3.05, 3.63) is 11.5 Å². The summed E-state index contributed by atoms with van der Waals surface area (Å²) in [5.74, 6) is 0.464. The van der Waals surface area contributed by atoms with Crippen molar-refractivity contribution < 1.29 is 18.3 Å². The molecule has 84 valence electrons. The van der Waals surface area contributed by atoms with Gasteiger partial charge in [0.25, 0.3) is 0 Å². The molecule has 0 saturated carbocycles. The molecule has 1 aliphatic heterocycles. The molecule has 1 aliphatic rings. The lowest BCUT2D eigenvalue weighted by Gasteiger charge is -2.09. The molecule has 14 heavy (non-hydrogen) atoms. The summed E-state index contributed by atoms with van der Waals surface area (Å²) >= 11 is 0. The molecule has 1 rings (SSSR count). The standard InChI is InChI=1S/C8H12F2O2.C2H6/c1-4-6-7(5(2)3)12-8(9,10)11-6;1-2/h5H,4H2,1-3H3;1-2H3. The fourth-order valence-electron chi connectivity index (χ4n) is 1.09. The Bertz CT molecular complexity index is 210. The van der Waals surface area contributed by atoms with Crippen LogP contribution in [0.1, 0.15) is 41.0 Å². The van der Waals surface area contributed by atoms with Gasteiger partial charge in [0.2, 0.25) is 0 Å². The Morgan fingerprint density at radius 3 is 2.00 bits per heavy atom. The Labute approximate surface area is 83.9 Å². The van der Waals surface area contributed by atoms with Gasteiger partial charge in [-0.1, -0.05) is 34.6 Å². The van der Waals surface area contributed by atoms with E-state index in [0.29, 0.717) is 6.42 Å². The van der Waals surface area contributed by atoms with Crippen LogP contribution in [0.2, 0.25) is 0 Å². The van der Waals surface area contributed by atoms with Gasteiger partial charge in [0.05, 0.1) is 0 Å². The highest BCUT2D eigenvalue weighted by Gasteiger charge is 2.44. The van der Waals surface area contributed by atoms with Gasteiger partial charge in [-0.15, -0.1) is 8.78 Å². The highest BCUT2D eigenvalue weighted by atomic mass is 19.3. The third-order valence-corrected chi connectivity index (χ3v) is 1.59. The lowest BCUT2D eigenvalue weighted by molar-refractivity contribution is -0.339. The Balaban J connectivity index is 0.000000791. The topological polar surface area (TPSA) is 18.5 Å². The molecule has 4 heteroatoms. The number of hydrogen-bond donors (Lipinski definition) is 0. The minimum atomic E-state index is -3.45. The average Bonchev–Trinajstić information content (AvgIpc) is 2.45. The van der Waals surface area contributed by atoms with Crippen molar-refractivity contribution in [2.75, 3.05) is 0 Å². The van der Waals surface area contributed by atoms with Crippen LogP contribution in [-0.4, -0.2) is 6.29 Å². The van der Waals surface area contributed by atoms with Crippen molar-refractivity contribution in [2.24, 2.45) is 5.92 Å². The SMILES string of the molecule is CC.CCC1=C(C(C)C)OC(F)(F)O1. The molecule has 0 fully saturated rings. The maximum atomic E-state index is 12.5. The van der Waals surface area contributed by atoms with Crippen LogP contribution in [0.4, 0.5) is 8.78 Å². The van der Waals surface area contributed by atoms with Crippen LogP contribution in [0.25, 0.3) is 0 Å². The van der Waals surface area contributed by atoms with Crippen LogP contribution in [0.3, 0.4) is 0 Å². The van der Waals surface area contributed by atoms with Crippen molar-refractivity contribution in [2.45, 2.75) is 47.3 Å². The highest BCUT2D eigenvalue weighted by Crippen LogP contribution is 2.37. The normalized spacial score (nSPS) is 18.6. The minimum Gasteiger partial charge on any atom is -0.400 e. The molecule has 0 unspecified atom stereocenters. The molecule has 0 aliphatic carbocycles. The van der Waals surface area contributed by atoms with Gasteiger partial charge >= 0.3 is 6.29 Å². The Hall–Kier alpha value is -0.800. The number of alkyl halides is 2. The molecule has 0 amide bonds. The maximum Gasteiger partial charge on any atom is 0.585 e. The van der Waals surface area contributed by atoms with Crippen LogP contribution < -0.4 is 0 Å². The zero-order chi connectivity index (χ0) is 11.4. The molecule has 0 radical (unpaired) electrons. The van der Waals surface area contributed by atoms with Crippen LogP contribution in [0, 0.1) is 5.92 Å². The predicted molar refractivity (Wildman–Crippen MR) is 50.6 cm³/mol. The Morgan fingerprint density at radius 1 is 1.21 bits per heavy atom.